The van der Waals surface area contributed by atoms with E-state index >= 15 is 0 Å². The van der Waals surface area contributed by atoms with Crippen LogP contribution in [0.3, 0.4) is 0 Å². The molecule has 1 aromatic rings. The van der Waals surface area contributed by atoms with Gasteiger partial charge in [-0.15, -0.1) is 0 Å². The first-order valence-electron chi connectivity index (χ1n) is 6.99. The van der Waals surface area contributed by atoms with Gasteiger partial charge in [0.1, 0.15) is 5.76 Å². The Morgan fingerprint density at radius 3 is 2.85 bits per heavy atom. The van der Waals surface area contributed by atoms with E-state index in [0.717, 1.165) is 18.4 Å². The Kier molecular flexibility index (Phi) is 5.18. The fourth-order valence-corrected chi connectivity index (χ4v) is 2.29. The first-order chi connectivity index (χ1) is 9.66. The van der Waals surface area contributed by atoms with Gasteiger partial charge in [-0.05, 0) is 25.3 Å². The van der Waals surface area contributed by atoms with Gasteiger partial charge in [-0.3, -0.25) is 4.79 Å². The predicted molar refractivity (Wildman–Crippen MR) is 77.0 cm³/mol. The molecule has 0 aromatic heterocycles. The normalized spacial score (nSPS) is 16.5. The van der Waals surface area contributed by atoms with E-state index in [4.69, 9.17) is 4.74 Å². The second kappa shape index (κ2) is 7.10. The molecule has 1 aliphatic heterocycles. The van der Waals surface area contributed by atoms with Crippen molar-refractivity contribution in [3.8, 4) is 0 Å². The molecule has 2 N–H and O–H groups in total. The number of ether oxygens (including phenoxy) is 1. The summed E-state index contributed by atoms with van der Waals surface area (Å²) < 4.78 is 5.37. The molecule has 0 saturated heterocycles. The van der Waals surface area contributed by atoms with Gasteiger partial charge in [0.2, 0.25) is 0 Å². The third-order valence-corrected chi connectivity index (χ3v) is 3.40. The van der Waals surface area contributed by atoms with E-state index in [1.54, 1.807) is 0 Å². The van der Waals surface area contributed by atoms with Crippen molar-refractivity contribution >= 4 is 5.91 Å². The Morgan fingerprint density at radius 2 is 2.15 bits per heavy atom. The zero-order valence-electron chi connectivity index (χ0n) is 11.8. The van der Waals surface area contributed by atoms with Crippen molar-refractivity contribution in [1.82, 2.24) is 5.32 Å². The topological polar surface area (TPSA) is 58.6 Å². The number of hydrogen-bond acceptors (Lipinski definition) is 3. The van der Waals surface area contributed by atoms with Crippen molar-refractivity contribution in [1.29, 1.82) is 0 Å². The number of carbonyl (C=O) groups excluding carboxylic acids is 1. The lowest BCUT2D eigenvalue weighted by Crippen LogP contribution is -2.35. The summed E-state index contributed by atoms with van der Waals surface area (Å²) in [6, 6.07) is 9.75. The molecule has 0 spiro atoms. The number of allylic oxidation sites excluding steroid dienone is 1. The molecule has 4 heteroatoms. The van der Waals surface area contributed by atoms with E-state index < -0.39 is 6.10 Å². The maximum atomic E-state index is 12.0. The van der Waals surface area contributed by atoms with Crippen molar-refractivity contribution in [3.63, 3.8) is 0 Å². The first-order valence-corrected chi connectivity index (χ1v) is 6.99. The van der Waals surface area contributed by atoms with Gasteiger partial charge < -0.3 is 15.2 Å². The molecule has 0 radical (unpaired) electrons. The fourth-order valence-electron chi connectivity index (χ4n) is 2.29. The number of aliphatic hydroxyl groups excluding tert-OH is 1. The number of carbonyl (C=O) groups is 1. The Bertz CT molecular complexity index is 482. The summed E-state index contributed by atoms with van der Waals surface area (Å²) >= 11 is 0. The van der Waals surface area contributed by atoms with Crippen molar-refractivity contribution < 1.29 is 14.6 Å². The van der Waals surface area contributed by atoms with Crippen LogP contribution in [0.2, 0.25) is 0 Å². The van der Waals surface area contributed by atoms with Crippen LogP contribution in [0.5, 0.6) is 0 Å². The Morgan fingerprint density at radius 1 is 1.40 bits per heavy atom. The molecule has 0 aliphatic carbocycles. The number of rotatable bonds is 5. The summed E-state index contributed by atoms with van der Waals surface area (Å²) in [5.74, 6) is 0.570. The average Bonchev–Trinajstić information content (AvgIpc) is 2.46. The second-order valence-corrected chi connectivity index (χ2v) is 5.04. The van der Waals surface area contributed by atoms with Gasteiger partial charge >= 0.3 is 0 Å². The van der Waals surface area contributed by atoms with Gasteiger partial charge in [0.15, 0.2) is 0 Å². The Balaban J connectivity index is 1.81. The van der Waals surface area contributed by atoms with Crippen LogP contribution in [-0.2, 0) is 16.0 Å². The third-order valence-electron chi connectivity index (χ3n) is 3.40. The molecule has 20 heavy (non-hydrogen) atoms. The van der Waals surface area contributed by atoms with Crippen molar-refractivity contribution in [2.75, 3.05) is 13.2 Å². The number of amides is 1. The van der Waals surface area contributed by atoms with Crippen LogP contribution in [0.15, 0.2) is 41.7 Å². The van der Waals surface area contributed by atoms with E-state index in [2.05, 4.69) is 5.32 Å². The molecule has 1 amide bonds. The van der Waals surface area contributed by atoms with Crippen LogP contribution in [0.1, 0.15) is 25.3 Å². The summed E-state index contributed by atoms with van der Waals surface area (Å²) in [5, 5.41) is 12.7. The minimum absolute atomic E-state index is 0.130. The van der Waals surface area contributed by atoms with Gasteiger partial charge in [-0.1, -0.05) is 30.3 Å². The van der Waals surface area contributed by atoms with Gasteiger partial charge in [0.05, 0.1) is 18.3 Å². The summed E-state index contributed by atoms with van der Waals surface area (Å²) in [6.45, 7) is 2.75. The molecule has 1 unspecified atom stereocenters. The lowest BCUT2D eigenvalue weighted by Gasteiger charge is -2.19. The smallest absolute Gasteiger partial charge is 0.250 e. The number of benzene rings is 1. The second-order valence-electron chi connectivity index (χ2n) is 5.04. The molecule has 108 valence electrons. The van der Waals surface area contributed by atoms with Gasteiger partial charge in [-0.25, -0.2) is 0 Å². The highest BCUT2D eigenvalue weighted by Gasteiger charge is 2.18. The summed E-state index contributed by atoms with van der Waals surface area (Å²) in [5.41, 5.74) is 1.76. The fraction of sp³-hybridized carbons (Fsp3) is 0.438. The molecule has 1 heterocycles. The maximum Gasteiger partial charge on any atom is 0.250 e. The van der Waals surface area contributed by atoms with Crippen molar-refractivity contribution in [2.24, 2.45) is 0 Å². The number of nitrogens with one attached hydrogen (secondary N) is 1. The van der Waals surface area contributed by atoms with E-state index in [1.165, 1.54) is 0 Å². The van der Waals surface area contributed by atoms with Crippen LogP contribution >= 0.6 is 0 Å². The van der Waals surface area contributed by atoms with E-state index in [1.807, 2.05) is 37.3 Å². The largest absolute Gasteiger partial charge is 0.498 e. The van der Waals surface area contributed by atoms with Gasteiger partial charge in [0, 0.05) is 13.0 Å². The van der Waals surface area contributed by atoms with Crippen LogP contribution in [0, 0.1) is 0 Å². The van der Waals surface area contributed by atoms with Crippen LogP contribution in [0.25, 0.3) is 0 Å². The summed E-state index contributed by atoms with van der Waals surface area (Å²) in [6.07, 6.45) is 1.57. The summed E-state index contributed by atoms with van der Waals surface area (Å²) in [7, 11) is 0. The first kappa shape index (κ1) is 14.6. The third kappa shape index (κ3) is 4.10. The SMILES string of the molecule is CC1=C(C(=O)NCC(O)Cc2ccccc2)CCCO1. The van der Waals surface area contributed by atoms with Crippen molar-refractivity contribution in [3.05, 3.63) is 47.2 Å². The molecular weight excluding hydrogens is 254 g/mol. The average molecular weight is 275 g/mol. The lowest BCUT2D eigenvalue weighted by molar-refractivity contribution is -0.118. The predicted octanol–water partition coefficient (Wildman–Crippen LogP) is 1.79. The van der Waals surface area contributed by atoms with E-state index in [-0.39, 0.29) is 12.5 Å². The van der Waals surface area contributed by atoms with E-state index in [9.17, 15) is 9.90 Å². The quantitative estimate of drug-likeness (QED) is 0.861. The molecule has 1 atom stereocenters. The van der Waals surface area contributed by atoms with Crippen LogP contribution < -0.4 is 5.32 Å². The molecule has 1 aromatic carbocycles. The Hall–Kier alpha value is -1.81. The molecular formula is C16H21NO3. The molecule has 0 saturated carbocycles. The monoisotopic (exact) mass is 275 g/mol. The highest BCUT2D eigenvalue weighted by Crippen LogP contribution is 2.18. The molecule has 2 rings (SSSR count). The highest BCUT2D eigenvalue weighted by atomic mass is 16.5. The van der Waals surface area contributed by atoms with Crippen LogP contribution in [0.4, 0.5) is 0 Å². The minimum atomic E-state index is -0.577. The summed E-state index contributed by atoms with van der Waals surface area (Å²) in [4.78, 5) is 12.0. The zero-order valence-corrected chi connectivity index (χ0v) is 11.8. The van der Waals surface area contributed by atoms with Crippen molar-refractivity contribution in [2.45, 2.75) is 32.3 Å². The standard InChI is InChI=1S/C16H21NO3/c1-12-15(8-5-9-20-12)16(19)17-11-14(18)10-13-6-3-2-4-7-13/h2-4,6-7,14,18H,5,8-11H2,1H3,(H,17,19). The van der Waals surface area contributed by atoms with Crippen LogP contribution in [-0.4, -0.2) is 30.3 Å². The molecule has 0 fully saturated rings. The molecule has 1 aliphatic rings. The zero-order chi connectivity index (χ0) is 14.4. The number of hydrogen-bond donors (Lipinski definition) is 2. The molecule has 0 bridgehead atoms. The molecule has 4 nitrogen and oxygen atoms in total. The maximum absolute atomic E-state index is 12.0. The lowest BCUT2D eigenvalue weighted by atomic mass is 10.1. The Labute approximate surface area is 119 Å². The highest BCUT2D eigenvalue weighted by molar-refractivity contribution is 5.93. The van der Waals surface area contributed by atoms with Gasteiger partial charge in [-0.2, -0.15) is 0 Å². The van der Waals surface area contributed by atoms with Gasteiger partial charge in [0.25, 0.3) is 5.91 Å². The minimum Gasteiger partial charge on any atom is -0.498 e. The van der Waals surface area contributed by atoms with E-state index in [0.29, 0.717) is 24.4 Å². The number of aliphatic hydroxyl groups is 1.